The van der Waals surface area contributed by atoms with Crippen LogP contribution in [-0.2, 0) is 27.7 Å². The molecule has 1 atom stereocenters. The molecule has 1 unspecified atom stereocenters. The third-order valence-corrected chi connectivity index (χ3v) is 9.31. The van der Waals surface area contributed by atoms with Crippen molar-refractivity contribution < 1.29 is 13.2 Å². The molecule has 31 heavy (non-hydrogen) atoms. The van der Waals surface area contributed by atoms with Crippen LogP contribution in [0.4, 0.5) is 5.00 Å². The first kappa shape index (κ1) is 22.3. The van der Waals surface area contributed by atoms with Crippen LogP contribution in [0.15, 0.2) is 29.2 Å². The fourth-order valence-electron chi connectivity index (χ4n) is 4.29. The molecule has 1 aliphatic heterocycles. The smallest absolute Gasteiger partial charge is 0.243 e. The number of nitrogens with one attached hydrogen (secondary N) is 1. The van der Waals surface area contributed by atoms with Gasteiger partial charge in [0.2, 0.25) is 15.9 Å². The lowest BCUT2D eigenvalue weighted by Crippen LogP contribution is -2.43. The second-order valence-corrected chi connectivity index (χ2v) is 11.5. The van der Waals surface area contributed by atoms with Crippen LogP contribution in [0.2, 0.25) is 5.02 Å². The van der Waals surface area contributed by atoms with E-state index in [0.29, 0.717) is 35.0 Å². The minimum absolute atomic E-state index is 0.129. The van der Waals surface area contributed by atoms with Crippen molar-refractivity contribution in [3.05, 3.63) is 45.3 Å². The summed E-state index contributed by atoms with van der Waals surface area (Å²) in [4.78, 5) is 14.4. The first-order valence-electron chi connectivity index (χ1n) is 10.5. The molecular weight excluding hydrogens is 454 g/mol. The van der Waals surface area contributed by atoms with Gasteiger partial charge in [-0.2, -0.15) is 9.57 Å². The number of rotatable bonds is 4. The van der Waals surface area contributed by atoms with Crippen molar-refractivity contribution >= 4 is 43.9 Å². The summed E-state index contributed by atoms with van der Waals surface area (Å²) >= 11 is 7.38. The molecule has 2 heterocycles. The summed E-state index contributed by atoms with van der Waals surface area (Å²) in [6.45, 7) is 0.509. The number of hydrogen-bond donors (Lipinski definition) is 1. The molecule has 4 rings (SSSR count). The van der Waals surface area contributed by atoms with Gasteiger partial charge in [0.05, 0.1) is 16.4 Å². The van der Waals surface area contributed by atoms with Gasteiger partial charge in [-0.1, -0.05) is 18.0 Å². The van der Waals surface area contributed by atoms with Crippen molar-refractivity contribution in [2.24, 2.45) is 5.92 Å². The van der Waals surface area contributed by atoms with Crippen molar-refractivity contribution in [3.63, 3.8) is 0 Å². The number of halogens is 1. The Hall–Kier alpha value is -1.92. The number of anilines is 1. The summed E-state index contributed by atoms with van der Waals surface area (Å²) in [5.74, 6) is -0.673. The van der Waals surface area contributed by atoms with Gasteiger partial charge in [0.25, 0.3) is 0 Å². The molecule has 2 aliphatic rings. The maximum absolute atomic E-state index is 13.0. The van der Waals surface area contributed by atoms with Crippen LogP contribution in [0.5, 0.6) is 0 Å². The molecule has 9 heteroatoms. The Morgan fingerprint density at radius 2 is 1.90 bits per heavy atom. The van der Waals surface area contributed by atoms with E-state index >= 15 is 0 Å². The van der Waals surface area contributed by atoms with E-state index in [0.717, 1.165) is 37.7 Å². The molecule has 1 aromatic carbocycles. The second kappa shape index (κ2) is 9.29. The Labute approximate surface area is 191 Å². The molecular formula is C22H24ClN3O3S2. The van der Waals surface area contributed by atoms with Crippen molar-refractivity contribution in [1.29, 1.82) is 5.26 Å². The van der Waals surface area contributed by atoms with Crippen LogP contribution in [0.3, 0.4) is 0 Å². The molecule has 1 aliphatic carbocycles. The molecule has 0 saturated carbocycles. The second-order valence-electron chi connectivity index (χ2n) is 8.03. The van der Waals surface area contributed by atoms with Gasteiger partial charge < -0.3 is 5.32 Å². The number of fused-ring (bicyclic) bond motifs is 1. The average molecular weight is 478 g/mol. The fraction of sp³-hybridized carbons (Fsp3) is 0.455. The van der Waals surface area contributed by atoms with Gasteiger partial charge in [0.1, 0.15) is 11.1 Å². The Kier molecular flexibility index (Phi) is 6.68. The zero-order valence-electron chi connectivity index (χ0n) is 17.1. The van der Waals surface area contributed by atoms with Gasteiger partial charge in [-0.3, -0.25) is 4.79 Å². The lowest BCUT2D eigenvalue weighted by molar-refractivity contribution is -0.120. The molecule has 1 aromatic heterocycles. The number of nitriles is 1. The summed E-state index contributed by atoms with van der Waals surface area (Å²) in [6, 6.07) is 8.35. The number of piperidine rings is 1. The van der Waals surface area contributed by atoms with Gasteiger partial charge >= 0.3 is 0 Å². The highest BCUT2D eigenvalue weighted by Gasteiger charge is 2.34. The van der Waals surface area contributed by atoms with E-state index in [-0.39, 0.29) is 17.3 Å². The lowest BCUT2D eigenvalue weighted by Gasteiger charge is -2.31. The standard InChI is InChI=1S/C22H24ClN3O3S2/c23-16-8-10-17(11-9-16)31(28,29)26-12-4-5-15(14-26)21(27)25-22-19(13-24)18-6-2-1-3-7-20(18)30-22/h8-11,15H,1-7,12,14H2,(H,25,27). The highest BCUT2D eigenvalue weighted by Crippen LogP contribution is 2.37. The van der Waals surface area contributed by atoms with Crippen LogP contribution < -0.4 is 5.32 Å². The van der Waals surface area contributed by atoms with E-state index in [4.69, 9.17) is 11.6 Å². The Morgan fingerprint density at radius 3 is 2.65 bits per heavy atom. The molecule has 0 bridgehead atoms. The number of amides is 1. The summed E-state index contributed by atoms with van der Waals surface area (Å²) in [7, 11) is -3.69. The Bertz CT molecular complexity index is 1120. The van der Waals surface area contributed by atoms with Crippen molar-refractivity contribution in [2.75, 3.05) is 18.4 Å². The van der Waals surface area contributed by atoms with Gasteiger partial charge in [-0.05, 0) is 68.4 Å². The summed E-state index contributed by atoms with van der Waals surface area (Å²) in [5.41, 5.74) is 1.66. The summed E-state index contributed by atoms with van der Waals surface area (Å²) in [5, 5.41) is 13.7. The van der Waals surface area contributed by atoms with E-state index in [1.807, 2.05) is 0 Å². The Morgan fingerprint density at radius 1 is 1.16 bits per heavy atom. The van der Waals surface area contributed by atoms with Gasteiger partial charge in [0, 0.05) is 23.0 Å². The molecule has 1 saturated heterocycles. The predicted molar refractivity (Wildman–Crippen MR) is 122 cm³/mol. The van der Waals surface area contributed by atoms with Gasteiger partial charge in [-0.25, -0.2) is 8.42 Å². The maximum atomic E-state index is 13.0. The van der Waals surface area contributed by atoms with Crippen LogP contribution in [0.25, 0.3) is 0 Å². The highest BCUT2D eigenvalue weighted by molar-refractivity contribution is 7.89. The van der Waals surface area contributed by atoms with Crippen molar-refractivity contribution in [2.45, 2.75) is 49.8 Å². The SMILES string of the molecule is N#Cc1c(NC(=O)C2CCCN(S(=O)(=O)c3ccc(Cl)cc3)C2)sc2c1CCCCC2. The van der Waals surface area contributed by atoms with Gasteiger partial charge in [0.15, 0.2) is 0 Å². The monoisotopic (exact) mass is 477 g/mol. The first-order valence-corrected chi connectivity index (χ1v) is 13.1. The molecule has 6 nitrogen and oxygen atoms in total. The van der Waals surface area contributed by atoms with Gasteiger partial charge in [-0.15, -0.1) is 11.3 Å². The molecule has 1 N–H and O–H groups in total. The fourth-order valence-corrected chi connectivity index (χ4v) is 7.19. The third kappa shape index (κ3) is 4.65. The maximum Gasteiger partial charge on any atom is 0.243 e. The quantitative estimate of drug-likeness (QED) is 0.652. The van der Waals surface area contributed by atoms with E-state index < -0.39 is 15.9 Å². The number of benzene rings is 1. The largest absolute Gasteiger partial charge is 0.316 e. The van der Waals surface area contributed by atoms with E-state index in [1.165, 1.54) is 32.7 Å². The number of sulfonamides is 1. The molecule has 1 fully saturated rings. The van der Waals surface area contributed by atoms with Crippen LogP contribution in [0.1, 0.15) is 48.1 Å². The molecule has 0 radical (unpaired) electrons. The zero-order chi connectivity index (χ0) is 22.0. The van der Waals surface area contributed by atoms with Crippen LogP contribution in [0, 0.1) is 17.2 Å². The molecule has 1 amide bonds. The zero-order valence-corrected chi connectivity index (χ0v) is 19.5. The van der Waals surface area contributed by atoms with Crippen LogP contribution in [-0.4, -0.2) is 31.7 Å². The van der Waals surface area contributed by atoms with E-state index in [2.05, 4.69) is 11.4 Å². The number of carbonyl (C=O) groups is 1. The molecule has 0 spiro atoms. The minimum atomic E-state index is -3.69. The number of thiophene rings is 1. The van der Waals surface area contributed by atoms with E-state index in [9.17, 15) is 18.5 Å². The number of carbonyl (C=O) groups excluding carboxylic acids is 1. The summed E-state index contributed by atoms with van der Waals surface area (Å²) < 4.78 is 27.4. The molecule has 2 aromatic rings. The topological polar surface area (TPSA) is 90.3 Å². The van der Waals surface area contributed by atoms with Crippen molar-refractivity contribution in [1.82, 2.24) is 4.31 Å². The number of aryl methyl sites for hydroxylation is 1. The third-order valence-electron chi connectivity index (χ3n) is 5.98. The average Bonchev–Trinajstić information content (AvgIpc) is 2.92. The van der Waals surface area contributed by atoms with Crippen molar-refractivity contribution in [3.8, 4) is 6.07 Å². The first-order chi connectivity index (χ1) is 14.9. The number of hydrogen-bond acceptors (Lipinski definition) is 5. The van der Waals surface area contributed by atoms with E-state index in [1.54, 1.807) is 12.1 Å². The molecule has 164 valence electrons. The van der Waals surface area contributed by atoms with Crippen LogP contribution >= 0.6 is 22.9 Å². The highest BCUT2D eigenvalue weighted by atomic mass is 35.5. The number of nitrogens with zero attached hydrogens (tertiary/aromatic N) is 2. The minimum Gasteiger partial charge on any atom is -0.316 e. The normalized spacial score (nSPS) is 19.8. The summed E-state index contributed by atoms with van der Waals surface area (Å²) in [6.07, 6.45) is 6.37. The lowest BCUT2D eigenvalue weighted by atomic mass is 9.98. The predicted octanol–water partition coefficient (Wildman–Crippen LogP) is 4.58. The Balaban J connectivity index is 1.50.